The third-order valence-corrected chi connectivity index (χ3v) is 3.14. The van der Waals surface area contributed by atoms with E-state index in [9.17, 15) is 4.79 Å². The van der Waals surface area contributed by atoms with Gasteiger partial charge in [-0.15, -0.1) is 0 Å². The number of hydrogen-bond donors (Lipinski definition) is 3. The van der Waals surface area contributed by atoms with Gasteiger partial charge in [0.25, 0.3) is 5.91 Å². The molecule has 1 aromatic rings. The molecule has 1 amide bonds. The molecule has 2 unspecified atom stereocenters. The fraction of sp³-hybridized carbons (Fsp3) is 0.636. The van der Waals surface area contributed by atoms with Gasteiger partial charge in [0, 0.05) is 18.8 Å². The predicted molar refractivity (Wildman–Crippen MR) is 60.9 cm³/mol. The van der Waals surface area contributed by atoms with Gasteiger partial charge in [-0.05, 0) is 25.2 Å². The standard InChI is InChI=1S/C11H18N4O/c12-10-3-1-2-8(4-10)5-13-11(16)9-6-14-15-7-9/h6-8,10H,1-5,12H2,(H,13,16)(H,14,15). The van der Waals surface area contributed by atoms with Crippen LogP contribution >= 0.6 is 0 Å². The van der Waals surface area contributed by atoms with E-state index in [1.54, 1.807) is 6.20 Å². The normalized spacial score (nSPS) is 25.3. The van der Waals surface area contributed by atoms with Crippen molar-refractivity contribution in [3.8, 4) is 0 Å². The number of carbonyl (C=O) groups excluding carboxylic acids is 1. The minimum atomic E-state index is -0.0621. The lowest BCUT2D eigenvalue weighted by Crippen LogP contribution is -2.35. The molecule has 1 aromatic heterocycles. The number of rotatable bonds is 3. The number of nitrogens with two attached hydrogens (primary N) is 1. The molecule has 2 atom stereocenters. The zero-order valence-corrected chi connectivity index (χ0v) is 9.28. The molecule has 1 aliphatic carbocycles. The molecule has 0 saturated heterocycles. The second-order valence-electron chi connectivity index (χ2n) is 4.49. The van der Waals surface area contributed by atoms with Crippen molar-refractivity contribution in [1.82, 2.24) is 15.5 Å². The number of amides is 1. The number of nitrogens with zero attached hydrogens (tertiary/aromatic N) is 1. The molecule has 5 heteroatoms. The summed E-state index contributed by atoms with van der Waals surface area (Å²) in [6.07, 6.45) is 7.61. The Hall–Kier alpha value is -1.36. The van der Waals surface area contributed by atoms with E-state index in [0.717, 1.165) is 19.4 Å². The first-order valence-electron chi connectivity index (χ1n) is 5.78. The van der Waals surface area contributed by atoms with Gasteiger partial charge in [0.15, 0.2) is 0 Å². The Morgan fingerprint density at radius 2 is 2.50 bits per heavy atom. The quantitative estimate of drug-likeness (QED) is 0.702. The van der Waals surface area contributed by atoms with E-state index in [1.807, 2.05) is 0 Å². The lowest BCUT2D eigenvalue weighted by Gasteiger charge is -2.26. The SMILES string of the molecule is NC1CCCC(CNC(=O)c2cn[nH]c2)C1. The molecule has 0 radical (unpaired) electrons. The van der Waals surface area contributed by atoms with Gasteiger partial charge < -0.3 is 11.1 Å². The van der Waals surface area contributed by atoms with Gasteiger partial charge in [0.1, 0.15) is 0 Å². The first-order valence-corrected chi connectivity index (χ1v) is 5.78. The summed E-state index contributed by atoms with van der Waals surface area (Å²) in [6.45, 7) is 0.720. The van der Waals surface area contributed by atoms with Crippen LogP contribution in [-0.2, 0) is 0 Å². The molecule has 0 aromatic carbocycles. The molecule has 1 aliphatic rings. The Morgan fingerprint density at radius 3 is 3.19 bits per heavy atom. The third-order valence-electron chi connectivity index (χ3n) is 3.14. The number of hydrogen-bond acceptors (Lipinski definition) is 3. The first kappa shape index (κ1) is 11.1. The van der Waals surface area contributed by atoms with Crippen LogP contribution in [0.3, 0.4) is 0 Å². The Kier molecular flexibility index (Phi) is 3.56. The van der Waals surface area contributed by atoms with E-state index in [-0.39, 0.29) is 5.91 Å². The van der Waals surface area contributed by atoms with Crippen LogP contribution in [0.15, 0.2) is 12.4 Å². The fourth-order valence-corrected chi connectivity index (χ4v) is 2.23. The second kappa shape index (κ2) is 5.12. The zero-order valence-electron chi connectivity index (χ0n) is 9.28. The van der Waals surface area contributed by atoms with Gasteiger partial charge in [-0.3, -0.25) is 9.89 Å². The van der Waals surface area contributed by atoms with Crippen LogP contribution in [0, 0.1) is 5.92 Å². The molecule has 2 rings (SSSR count). The molecule has 4 N–H and O–H groups in total. The molecule has 1 fully saturated rings. The van der Waals surface area contributed by atoms with Crippen LogP contribution in [0.4, 0.5) is 0 Å². The van der Waals surface area contributed by atoms with Crippen molar-refractivity contribution in [3.05, 3.63) is 18.0 Å². The minimum Gasteiger partial charge on any atom is -0.352 e. The maximum atomic E-state index is 11.6. The van der Waals surface area contributed by atoms with Crippen molar-refractivity contribution in [2.24, 2.45) is 11.7 Å². The molecule has 0 aliphatic heterocycles. The molecule has 1 heterocycles. The van der Waals surface area contributed by atoms with Gasteiger partial charge in [-0.2, -0.15) is 5.10 Å². The number of nitrogens with one attached hydrogen (secondary N) is 2. The van der Waals surface area contributed by atoms with Gasteiger partial charge in [0.05, 0.1) is 11.8 Å². The zero-order chi connectivity index (χ0) is 11.4. The highest BCUT2D eigenvalue weighted by molar-refractivity contribution is 5.93. The van der Waals surface area contributed by atoms with Crippen molar-refractivity contribution >= 4 is 5.91 Å². The number of aromatic nitrogens is 2. The lowest BCUT2D eigenvalue weighted by molar-refractivity contribution is 0.0942. The van der Waals surface area contributed by atoms with Crippen molar-refractivity contribution in [2.45, 2.75) is 31.7 Å². The first-order chi connectivity index (χ1) is 7.75. The molecular weight excluding hydrogens is 204 g/mol. The van der Waals surface area contributed by atoms with Crippen LogP contribution in [-0.4, -0.2) is 28.7 Å². The summed E-state index contributed by atoms with van der Waals surface area (Å²) < 4.78 is 0. The van der Waals surface area contributed by atoms with Crippen LogP contribution < -0.4 is 11.1 Å². The summed E-state index contributed by atoms with van der Waals surface area (Å²) in [5, 5.41) is 9.29. The summed E-state index contributed by atoms with van der Waals surface area (Å²) in [5.41, 5.74) is 6.48. The summed E-state index contributed by atoms with van der Waals surface area (Å²) in [7, 11) is 0. The number of aromatic amines is 1. The summed E-state index contributed by atoms with van der Waals surface area (Å²) >= 11 is 0. The van der Waals surface area contributed by atoms with Gasteiger partial charge in [-0.1, -0.05) is 6.42 Å². The Labute approximate surface area is 94.8 Å². The predicted octanol–water partition coefficient (Wildman–Crippen LogP) is 0.657. The molecule has 0 spiro atoms. The third kappa shape index (κ3) is 2.82. The maximum absolute atomic E-state index is 11.6. The summed E-state index contributed by atoms with van der Waals surface area (Å²) in [5.74, 6) is 0.465. The summed E-state index contributed by atoms with van der Waals surface area (Å²) in [4.78, 5) is 11.6. The summed E-state index contributed by atoms with van der Waals surface area (Å²) in [6, 6.07) is 0.310. The van der Waals surface area contributed by atoms with Crippen molar-refractivity contribution in [3.63, 3.8) is 0 Å². The highest BCUT2D eigenvalue weighted by atomic mass is 16.1. The highest BCUT2D eigenvalue weighted by Gasteiger charge is 2.19. The van der Waals surface area contributed by atoms with E-state index < -0.39 is 0 Å². The Balaban J connectivity index is 1.77. The monoisotopic (exact) mass is 222 g/mol. The Bertz CT molecular complexity index is 336. The van der Waals surface area contributed by atoms with Crippen LogP contribution in [0.1, 0.15) is 36.0 Å². The van der Waals surface area contributed by atoms with Gasteiger partial charge in [-0.25, -0.2) is 0 Å². The maximum Gasteiger partial charge on any atom is 0.254 e. The molecule has 16 heavy (non-hydrogen) atoms. The van der Waals surface area contributed by atoms with E-state index >= 15 is 0 Å². The Morgan fingerprint density at radius 1 is 1.62 bits per heavy atom. The topological polar surface area (TPSA) is 83.8 Å². The molecular formula is C11H18N4O. The van der Waals surface area contributed by atoms with E-state index in [1.165, 1.54) is 19.0 Å². The average molecular weight is 222 g/mol. The number of carbonyl (C=O) groups is 1. The molecule has 88 valence electrons. The van der Waals surface area contributed by atoms with E-state index in [0.29, 0.717) is 17.5 Å². The van der Waals surface area contributed by atoms with Crippen molar-refractivity contribution in [1.29, 1.82) is 0 Å². The van der Waals surface area contributed by atoms with Crippen LogP contribution in [0.25, 0.3) is 0 Å². The van der Waals surface area contributed by atoms with E-state index in [2.05, 4.69) is 15.5 Å². The fourth-order valence-electron chi connectivity index (χ4n) is 2.23. The molecule has 0 bridgehead atoms. The smallest absolute Gasteiger partial charge is 0.254 e. The minimum absolute atomic E-state index is 0.0621. The molecule has 1 saturated carbocycles. The van der Waals surface area contributed by atoms with Crippen molar-refractivity contribution in [2.75, 3.05) is 6.54 Å². The van der Waals surface area contributed by atoms with Crippen LogP contribution in [0.5, 0.6) is 0 Å². The number of H-pyrrole nitrogens is 1. The largest absolute Gasteiger partial charge is 0.352 e. The van der Waals surface area contributed by atoms with Gasteiger partial charge in [0.2, 0.25) is 0 Å². The second-order valence-corrected chi connectivity index (χ2v) is 4.49. The van der Waals surface area contributed by atoms with Crippen LogP contribution in [0.2, 0.25) is 0 Å². The van der Waals surface area contributed by atoms with Gasteiger partial charge >= 0.3 is 0 Å². The van der Waals surface area contributed by atoms with E-state index in [4.69, 9.17) is 5.73 Å². The highest BCUT2D eigenvalue weighted by Crippen LogP contribution is 2.22. The van der Waals surface area contributed by atoms with Crippen molar-refractivity contribution < 1.29 is 4.79 Å². The average Bonchev–Trinajstić information content (AvgIpc) is 2.79. The molecule has 5 nitrogen and oxygen atoms in total. The lowest BCUT2D eigenvalue weighted by atomic mass is 9.86.